The number of hydrogen-bond acceptors (Lipinski definition) is 3. The molecule has 1 aromatic rings. The van der Waals surface area contributed by atoms with Crippen molar-refractivity contribution in [2.24, 2.45) is 0 Å². The molecule has 0 bridgehead atoms. The molecule has 0 saturated carbocycles. The number of halogens is 3. The smallest absolute Gasteiger partial charge is 0.478 e. The van der Waals surface area contributed by atoms with Gasteiger partial charge in [0.2, 0.25) is 0 Å². The number of nitrogens with zero attached hydrogens (tertiary/aromatic N) is 1. The van der Waals surface area contributed by atoms with Crippen molar-refractivity contribution in [1.82, 2.24) is 0 Å². The number of carbonyl (C=O) groups is 1. The van der Waals surface area contributed by atoms with Crippen LogP contribution < -0.4 is 4.74 Å². The second kappa shape index (κ2) is 4.33. The maximum absolute atomic E-state index is 12.0. The highest BCUT2D eigenvalue weighted by Crippen LogP contribution is 2.27. The minimum absolute atomic E-state index is 0.0922. The number of rotatable bonds is 2. The van der Waals surface area contributed by atoms with Crippen LogP contribution >= 0.6 is 0 Å². The van der Waals surface area contributed by atoms with Gasteiger partial charge in [0.1, 0.15) is 5.75 Å². The molecular weight excluding hydrogens is 239 g/mol. The van der Waals surface area contributed by atoms with Gasteiger partial charge in [0, 0.05) is 0 Å². The number of alkyl halides is 3. The molecule has 0 saturated heterocycles. The number of carboxylic acids is 1. The summed E-state index contributed by atoms with van der Waals surface area (Å²) in [5.74, 6) is -2.15. The Bertz CT molecular complexity index is 503. The summed E-state index contributed by atoms with van der Waals surface area (Å²) >= 11 is 0. The van der Waals surface area contributed by atoms with E-state index in [0.29, 0.717) is 0 Å². The number of ether oxygens (including phenoxy) is 1. The van der Waals surface area contributed by atoms with E-state index in [0.717, 1.165) is 12.1 Å². The van der Waals surface area contributed by atoms with E-state index in [2.05, 4.69) is 4.74 Å². The normalized spacial score (nSPS) is 10.8. The van der Waals surface area contributed by atoms with Crippen molar-refractivity contribution in [2.75, 3.05) is 0 Å². The Labute approximate surface area is 93.8 Å². The van der Waals surface area contributed by atoms with Crippen molar-refractivity contribution in [2.45, 2.75) is 13.3 Å². The molecule has 0 aliphatic rings. The second-order valence-corrected chi connectivity index (χ2v) is 3.11. The van der Waals surface area contributed by atoms with Crippen molar-refractivity contribution in [3.8, 4) is 11.8 Å². The third-order valence-corrected chi connectivity index (χ3v) is 1.97. The number of nitriles is 1. The summed E-state index contributed by atoms with van der Waals surface area (Å²) in [7, 11) is 0. The standard InChI is InChI=1S/C10H6F3NO3/c1-5-6(4-14)2-7(17-10(11,12)13)3-8(5)9(15)16/h2-3H,1H3,(H,15,16). The molecular formula is C10H6F3NO3. The molecule has 0 atom stereocenters. The fraction of sp³-hybridized carbons (Fsp3) is 0.200. The Kier molecular flexibility index (Phi) is 3.27. The highest BCUT2D eigenvalue weighted by molar-refractivity contribution is 5.90. The number of hydrogen-bond donors (Lipinski definition) is 1. The van der Waals surface area contributed by atoms with Crippen LogP contribution in [0.15, 0.2) is 12.1 Å². The van der Waals surface area contributed by atoms with Crippen molar-refractivity contribution in [1.29, 1.82) is 5.26 Å². The molecule has 0 unspecified atom stereocenters. The van der Waals surface area contributed by atoms with Crippen molar-refractivity contribution >= 4 is 5.97 Å². The second-order valence-electron chi connectivity index (χ2n) is 3.11. The van der Waals surface area contributed by atoms with E-state index >= 15 is 0 Å². The molecule has 1 aromatic carbocycles. The average molecular weight is 245 g/mol. The number of carboxylic acid groups (broad SMARTS) is 1. The third kappa shape index (κ3) is 3.11. The molecule has 0 amide bonds. The van der Waals surface area contributed by atoms with Gasteiger partial charge in [-0.3, -0.25) is 0 Å². The van der Waals surface area contributed by atoms with E-state index < -0.39 is 23.6 Å². The fourth-order valence-corrected chi connectivity index (χ4v) is 1.22. The molecule has 90 valence electrons. The molecule has 0 aromatic heterocycles. The SMILES string of the molecule is Cc1c(C#N)cc(OC(F)(F)F)cc1C(=O)O. The zero-order valence-electron chi connectivity index (χ0n) is 8.50. The quantitative estimate of drug-likeness (QED) is 0.868. The van der Waals surface area contributed by atoms with Crippen LogP contribution in [0.2, 0.25) is 0 Å². The van der Waals surface area contributed by atoms with Crippen LogP contribution in [0.1, 0.15) is 21.5 Å². The molecule has 4 nitrogen and oxygen atoms in total. The Balaban J connectivity index is 3.32. The first-order valence-corrected chi connectivity index (χ1v) is 4.28. The van der Waals surface area contributed by atoms with Crippen LogP contribution in [0, 0.1) is 18.3 Å². The molecule has 0 fully saturated rings. The summed E-state index contributed by atoms with van der Waals surface area (Å²) in [5.41, 5.74) is -0.484. The van der Waals surface area contributed by atoms with E-state index in [1.54, 1.807) is 6.07 Å². The Morgan fingerprint density at radius 1 is 1.47 bits per heavy atom. The Morgan fingerprint density at radius 3 is 2.47 bits per heavy atom. The maximum atomic E-state index is 12.0. The summed E-state index contributed by atoms with van der Waals surface area (Å²) < 4.78 is 39.4. The number of aromatic carboxylic acids is 1. The van der Waals surface area contributed by atoms with Gasteiger partial charge in [-0.05, 0) is 24.6 Å². The first-order chi connectivity index (χ1) is 7.74. The molecule has 0 spiro atoms. The molecule has 1 N–H and O–H groups in total. The van der Waals surface area contributed by atoms with E-state index in [1.807, 2.05) is 0 Å². The molecule has 17 heavy (non-hydrogen) atoms. The van der Waals surface area contributed by atoms with Crippen LogP contribution in [0.5, 0.6) is 5.75 Å². The van der Waals surface area contributed by atoms with Gasteiger partial charge in [-0.1, -0.05) is 0 Å². The average Bonchev–Trinajstić information content (AvgIpc) is 2.17. The minimum atomic E-state index is -4.93. The minimum Gasteiger partial charge on any atom is -0.478 e. The van der Waals surface area contributed by atoms with Gasteiger partial charge in [-0.15, -0.1) is 13.2 Å². The van der Waals surface area contributed by atoms with Gasteiger partial charge >= 0.3 is 12.3 Å². The Hall–Kier alpha value is -2.23. The van der Waals surface area contributed by atoms with Gasteiger partial charge in [-0.25, -0.2) is 4.79 Å². The van der Waals surface area contributed by atoms with Crippen molar-refractivity contribution < 1.29 is 27.8 Å². The summed E-state index contributed by atoms with van der Waals surface area (Å²) in [6.45, 7) is 1.33. The van der Waals surface area contributed by atoms with Gasteiger partial charge in [-0.2, -0.15) is 5.26 Å². The van der Waals surface area contributed by atoms with Gasteiger partial charge in [0.05, 0.1) is 17.2 Å². The summed E-state index contributed by atoms with van der Waals surface area (Å²) in [6.07, 6.45) is -4.93. The van der Waals surface area contributed by atoms with Crippen LogP contribution in [-0.4, -0.2) is 17.4 Å². The van der Waals surface area contributed by atoms with Gasteiger partial charge < -0.3 is 9.84 Å². The molecule has 0 aliphatic heterocycles. The molecule has 0 heterocycles. The van der Waals surface area contributed by atoms with E-state index in [9.17, 15) is 18.0 Å². The maximum Gasteiger partial charge on any atom is 0.573 e. The first-order valence-electron chi connectivity index (χ1n) is 4.28. The lowest BCUT2D eigenvalue weighted by molar-refractivity contribution is -0.274. The highest BCUT2D eigenvalue weighted by atomic mass is 19.4. The monoisotopic (exact) mass is 245 g/mol. The topological polar surface area (TPSA) is 70.3 Å². The zero-order valence-corrected chi connectivity index (χ0v) is 8.50. The van der Waals surface area contributed by atoms with E-state index in [4.69, 9.17) is 10.4 Å². The molecule has 7 heteroatoms. The summed E-state index contributed by atoms with van der Waals surface area (Å²) in [5, 5.41) is 17.4. The fourth-order valence-electron chi connectivity index (χ4n) is 1.22. The highest BCUT2D eigenvalue weighted by Gasteiger charge is 2.31. The zero-order chi connectivity index (χ0) is 13.2. The van der Waals surface area contributed by atoms with Gasteiger partial charge in [0.25, 0.3) is 0 Å². The lowest BCUT2D eigenvalue weighted by atomic mass is 10.0. The van der Waals surface area contributed by atoms with Crippen molar-refractivity contribution in [3.05, 3.63) is 28.8 Å². The van der Waals surface area contributed by atoms with E-state index in [-0.39, 0.29) is 11.1 Å². The molecule has 1 rings (SSSR count). The largest absolute Gasteiger partial charge is 0.573 e. The lowest BCUT2D eigenvalue weighted by Gasteiger charge is -2.11. The van der Waals surface area contributed by atoms with Crippen LogP contribution in [0.3, 0.4) is 0 Å². The summed E-state index contributed by atoms with van der Waals surface area (Å²) in [6, 6.07) is 3.18. The van der Waals surface area contributed by atoms with Crippen LogP contribution in [-0.2, 0) is 0 Å². The third-order valence-electron chi connectivity index (χ3n) is 1.97. The predicted octanol–water partition coefficient (Wildman–Crippen LogP) is 2.46. The van der Waals surface area contributed by atoms with Gasteiger partial charge in [0.15, 0.2) is 0 Å². The molecule has 0 aliphatic carbocycles. The first kappa shape index (κ1) is 12.8. The number of benzene rings is 1. The predicted molar refractivity (Wildman–Crippen MR) is 49.5 cm³/mol. The van der Waals surface area contributed by atoms with Crippen molar-refractivity contribution in [3.63, 3.8) is 0 Å². The Morgan fingerprint density at radius 2 is 2.06 bits per heavy atom. The van der Waals surface area contributed by atoms with E-state index in [1.165, 1.54) is 6.92 Å². The van der Waals surface area contributed by atoms with Crippen LogP contribution in [0.4, 0.5) is 13.2 Å². The van der Waals surface area contributed by atoms with Crippen LogP contribution in [0.25, 0.3) is 0 Å². The lowest BCUT2D eigenvalue weighted by Crippen LogP contribution is -2.18. The summed E-state index contributed by atoms with van der Waals surface area (Å²) in [4.78, 5) is 10.8. The molecule has 0 radical (unpaired) electrons.